The highest BCUT2D eigenvalue weighted by atomic mass is 16.5. The molecular weight excluding hydrogens is 404 g/mol. The van der Waals surface area contributed by atoms with Gasteiger partial charge in [0.25, 0.3) is 11.8 Å². The van der Waals surface area contributed by atoms with Crippen molar-refractivity contribution in [1.82, 2.24) is 10.9 Å². The second-order valence-corrected chi connectivity index (χ2v) is 7.22. The molecule has 0 aliphatic heterocycles. The fourth-order valence-corrected chi connectivity index (χ4v) is 2.96. The molecule has 0 radical (unpaired) electrons. The molecule has 0 aliphatic rings. The molecule has 2 amide bonds. The summed E-state index contributed by atoms with van der Waals surface area (Å²) in [4.78, 5) is 23.9. The molecule has 3 aromatic carbocycles. The average molecular weight is 431 g/mol. The van der Waals surface area contributed by atoms with E-state index in [2.05, 4.69) is 10.9 Å². The lowest BCUT2D eigenvalue weighted by molar-refractivity contribution is -0.128. The molecule has 0 unspecified atom stereocenters. The zero-order valence-electron chi connectivity index (χ0n) is 18.1. The van der Waals surface area contributed by atoms with Crippen LogP contribution in [0.4, 0.5) is 0 Å². The van der Waals surface area contributed by atoms with Gasteiger partial charge in [0, 0.05) is 6.08 Å². The van der Waals surface area contributed by atoms with Crippen LogP contribution in [0.25, 0.3) is 6.08 Å². The van der Waals surface area contributed by atoms with Gasteiger partial charge >= 0.3 is 0 Å². The fraction of sp³-hybridized carbons (Fsp3) is 0.154. The number of nitrogens with one attached hydrogen (secondary N) is 2. The van der Waals surface area contributed by atoms with E-state index in [1.165, 1.54) is 6.08 Å². The quantitative estimate of drug-likeness (QED) is 0.416. The predicted octanol–water partition coefficient (Wildman–Crippen LogP) is 4.12. The third-order valence-electron chi connectivity index (χ3n) is 4.64. The van der Waals surface area contributed by atoms with Crippen LogP contribution < -0.4 is 20.3 Å². The zero-order chi connectivity index (χ0) is 22.8. The molecule has 2 N–H and O–H groups in total. The van der Waals surface area contributed by atoms with Crippen LogP contribution in [-0.2, 0) is 16.2 Å². The van der Waals surface area contributed by atoms with Gasteiger partial charge in [0.2, 0.25) is 0 Å². The molecule has 0 saturated heterocycles. The Hall–Kier alpha value is -4.06. The van der Waals surface area contributed by atoms with Crippen LogP contribution >= 0.6 is 0 Å². The van der Waals surface area contributed by atoms with E-state index in [-0.39, 0.29) is 6.61 Å². The largest absolute Gasteiger partial charge is 0.489 e. The molecule has 0 aromatic heterocycles. The summed E-state index contributed by atoms with van der Waals surface area (Å²) < 4.78 is 11.3. The summed E-state index contributed by atoms with van der Waals surface area (Å²) in [7, 11) is 0. The summed E-state index contributed by atoms with van der Waals surface area (Å²) in [5.41, 5.74) is 8.49. The lowest BCUT2D eigenvalue weighted by Gasteiger charge is -2.11. The van der Waals surface area contributed by atoms with Gasteiger partial charge in [-0.25, -0.2) is 0 Å². The van der Waals surface area contributed by atoms with Crippen LogP contribution in [0.3, 0.4) is 0 Å². The summed E-state index contributed by atoms with van der Waals surface area (Å²) in [5, 5.41) is 0. The van der Waals surface area contributed by atoms with E-state index in [1.54, 1.807) is 6.08 Å². The number of benzene rings is 3. The van der Waals surface area contributed by atoms with Gasteiger partial charge in [-0.2, -0.15) is 0 Å². The fourth-order valence-electron chi connectivity index (χ4n) is 2.96. The number of amides is 2. The molecular formula is C26H26N2O4. The molecule has 6 nitrogen and oxygen atoms in total. The first kappa shape index (κ1) is 22.6. The van der Waals surface area contributed by atoms with Crippen LogP contribution in [0, 0.1) is 13.8 Å². The molecule has 0 saturated carbocycles. The van der Waals surface area contributed by atoms with E-state index in [0.29, 0.717) is 12.4 Å². The first-order valence-electron chi connectivity index (χ1n) is 10.2. The average Bonchev–Trinajstić information content (AvgIpc) is 2.81. The second kappa shape index (κ2) is 11.4. The highest BCUT2D eigenvalue weighted by molar-refractivity contribution is 5.93. The Kier molecular flexibility index (Phi) is 8.03. The molecule has 0 spiro atoms. The summed E-state index contributed by atoms with van der Waals surface area (Å²) in [6.45, 7) is 4.12. The lowest BCUT2D eigenvalue weighted by atomic mass is 10.1. The number of rotatable bonds is 8. The minimum atomic E-state index is -0.450. The third-order valence-corrected chi connectivity index (χ3v) is 4.64. The van der Waals surface area contributed by atoms with Gasteiger partial charge in [0.1, 0.15) is 18.1 Å². The van der Waals surface area contributed by atoms with Crippen LogP contribution in [0.2, 0.25) is 0 Å². The van der Waals surface area contributed by atoms with Crippen LogP contribution in [0.5, 0.6) is 11.5 Å². The Bertz CT molecular complexity index is 1060. The number of carbonyl (C=O) groups is 2. The summed E-state index contributed by atoms with van der Waals surface area (Å²) >= 11 is 0. The van der Waals surface area contributed by atoms with E-state index < -0.39 is 11.8 Å². The van der Waals surface area contributed by atoms with Crippen molar-refractivity contribution in [2.75, 3.05) is 6.61 Å². The molecule has 0 heterocycles. The maximum absolute atomic E-state index is 12.0. The summed E-state index contributed by atoms with van der Waals surface area (Å²) in [6, 6.07) is 23.0. The van der Waals surface area contributed by atoms with Crippen LogP contribution in [-0.4, -0.2) is 18.4 Å². The Morgan fingerprint density at radius 3 is 2.19 bits per heavy atom. The van der Waals surface area contributed by atoms with E-state index in [0.717, 1.165) is 28.0 Å². The maximum Gasteiger partial charge on any atom is 0.276 e. The number of hydrogen-bond donors (Lipinski definition) is 2. The van der Waals surface area contributed by atoms with Crippen LogP contribution in [0.1, 0.15) is 22.3 Å². The van der Waals surface area contributed by atoms with Gasteiger partial charge < -0.3 is 9.47 Å². The van der Waals surface area contributed by atoms with E-state index in [4.69, 9.17) is 9.47 Å². The molecule has 0 bridgehead atoms. The van der Waals surface area contributed by atoms with Crippen molar-refractivity contribution in [1.29, 1.82) is 0 Å². The zero-order valence-corrected chi connectivity index (χ0v) is 18.1. The van der Waals surface area contributed by atoms with Crippen molar-refractivity contribution in [2.24, 2.45) is 0 Å². The topological polar surface area (TPSA) is 76.7 Å². The number of aryl methyl sites for hydroxylation is 2. The predicted molar refractivity (Wildman–Crippen MR) is 124 cm³/mol. The van der Waals surface area contributed by atoms with E-state index >= 15 is 0 Å². The molecule has 32 heavy (non-hydrogen) atoms. The number of para-hydroxylation sites is 1. The first-order chi connectivity index (χ1) is 15.5. The highest BCUT2D eigenvalue weighted by Gasteiger charge is 2.07. The molecule has 3 aromatic rings. The van der Waals surface area contributed by atoms with E-state index in [1.807, 2.05) is 86.6 Å². The third kappa shape index (κ3) is 7.02. The van der Waals surface area contributed by atoms with Gasteiger partial charge in [-0.05, 0) is 54.3 Å². The van der Waals surface area contributed by atoms with Crippen LogP contribution in [0.15, 0.2) is 78.9 Å². The molecule has 164 valence electrons. The van der Waals surface area contributed by atoms with Gasteiger partial charge in [-0.15, -0.1) is 0 Å². The smallest absolute Gasteiger partial charge is 0.276 e. The van der Waals surface area contributed by atoms with Crippen molar-refractivity contribution in [3.63, 3.8) is 0 Å². The van der Waals surface area contributed by atoms with Gasteiger partial charge in [0.05, 0.1) is 0 Å². The second-order valence-electron chi connectivity index (χ2n) is 7.22. The van der Waals surface area contributed by atoms with Crippen molar-refractivity contribution in [2.45, 2.75) is 20.5 Å². The number of carbonyl (C=O) groups excluding carboxylic acids is 2. The molecule has 3 rings (SSSR count). The van der Waals surface area contributed by atoms with Crippen molar-refractivity contribution >= 4 is 17.9 Å². The minimum Gasteiger partial charge on any atom is -0.489 e. The standard InChI is InChI=1S/C26H26N2O4/c1-19-7-6-8-20(2)26(19)32-18-25(30)28-27-24(29)16-13-21-11-14-23(15-12-21)31-17-22-9-4-3-5-10-22/h3-16H,17-18H2,1-2H3,(H,27,29)(H,28,30)/b16-13+. The van der Waals surface area contributed by atoms with Gasteiger partial charge in [0.15, 0.2) is 6.61 Å². The van der Waals surface area contributed by atoms with Gasteiger partial charge in [-0.3, -0.25) is 20.4 Å². The Labute approximate surface area is 187 Å². The molecule has 0 atom stereocenters. The maximum atomic E-state index is 12.0. The normalized spacial score (nSPS) is 10.6. The number of hydrogen-bond acceptors (Lipinski definition) is 4. The van der Waals surface area contributed by atoms with Crippen molar-refractivity contribution < 1.29 is 19.1 Å². The Morgan fingerprint density at radius 2 is 1.50 bits per heavy atom. The van der Waals surface area contributed by atoms with E-state index in [9.17, 15) is 9.59 Å². The Balaban J connectivity index is 1.40. The number of hydrazine groups is 1. The SMILES string of the molecule is Cc1cccc(C)c1OCC(=O)NNC(=O)/C=C/c1ccc(OCc2ccccc2)cc1. The molecule has 0 aliphatic carbocycles. The van der Waals surface area contributed by atoms with Gasteiger partial charge in [-0.1, -0.05) is 60.7 Å². The molecule has 6 heteroatoms. The first-order valence-corrected chi connectivity index (χ1v) is 10.2. The van der Waals surface area contributed by atoms with Crippen molar-refractivity contribution in [3.8, 4) is 11.5 Å². The van der Waals surface area contributed by atoms with Crippen molar-refractivity contribution in [3.05, 3.63) is 101 Å². The Morgan fingerprint density at radius 1 is 0.812 bits per heavy atom. The monoisotopic (exact) mass is 430 g/mol. The number of ether oxygens (including phenoxy) is 2. The summed E-state index contributed by atoms with van der Waals surface area (Å²) in [5.74, 6) is 0.515. The summed E-state index contributed by atoms with van der Waals surface area (Å²) in [6.07, 6.45) is 2.99. The highest BCUT2D eigenvalue weighted by Crippen LogP contribution is 2.22. The molecule has 0 fully saturated rings. The minimum absolute atomic E-state index is 0.194. The lowest BCUT2D eigenvalue weighted by Crippen LogP contribution is -2.43.